The van der Waals surface area contributed by atoms with Crippen LogP contribution in [0.5, 0.6) is 0 Å². The van der Waals surface area contributed by atoms with Gasteiger partial charge in [0.1, 0.15) is 5.82 Å². The van der Waals surface area contributed by atoms with E-state index in [2.05, 4.69) is 19.9 Å². The van der Waals surface area contributed by atoms with Crippen molar-refractivity contribution >= 4 is 21.7 Å². The number of nitrogens with zero attached hydrogens (tertiary/aromatic N) is 3. The second-order valence-corrected chi connectivity index (χ2v) is 6.44. The first-order chi connectivity index (χ1) is 8.81. The van der Waals surface area contributed by atoms with Crippen molar-refractivity contribution < 1.29 is 8.42 Å². The molecule has 2 N–H and O–H groups in total. The number of hydrogen-bond donors (Lipinski definition) is 2. The predicted molar refractivity (Wildman–Crippen MR) is 77.5 cm³/mol. The summed E-state index contributed by atoms with van der Waals surface area (Å²) < 4.78 is 26.7. The Labute approximate surface area is 114 Å². The molecule has 0 saturated heterocycles. The standard InChI is InChI=1S/C11H21N5O2S/c1-15(2)8-7-12-11-6-5-10(9-13-11)14-19(17,18)16(3)4/h5-6,9,14H,7-8H2,1-4H3,(H,12,13). The second kappa shape index (κ2) is 6.69. The van der Waals surface area contributed by atoms with E-state index < -0.39 is 10.2 Å². The summed E-state index contributed by atoms with van der Waals surface area (Å²) in [5.41, 5.74) is 0.437. The molecule has 1 aromatic rings. The third-order valence-electron chi connectivity index (χ3n) is 2.36. The summed E-state index contributed by atoms with van der Waals surface area (Å²) in [4.78, 5) is 6.21. The molecule has 1 aromatic heterocycles. The molecule has 8 heteroatoms. The first-order valence-electron chi connectivity index (χ1n) is 5.86. The predicted octanol–water partition coefficient (Wildman–Crippen LogP) is 0.273. The zero-order valence-electron chi connectivity index (χ0n) is 11.7. The van der Waals surface area contributed by atoms with Gasteiger partial charge in [0.25, 0.3) is 0 Å². The molecule has 0 fully saturated rings. The number of hydrogen-bond acceptors (Lipinski definition) is 5. The fourth-order valence-corrected chi connectivity index (χ4v) is 1.81. The number of nitrogens with one attached hydrogen (secondary N) is 2. The first-order valence-corrected chi connectivity index (χ1v) is 7.30. The third kappa shape index (κ3) is 5.41. The molecule has 19 heavy (non-hydrogen) atoms. The molecule has 0 bridgehead atoms. The molecule has 0 unspecified atom stereocenters. The molecule has 1 heterocycles. The lowest BCUT2D eigenvalue weighted by molar-refractivity contribution is 0.425. The second-order valence-electron chi connectivity index (χ2n) is 4.55. The Balaban J connectivity index is 2.57. The van der Waals surface area contributed by atoms with E-state index in [9.17, 15) is 8.42 Å². The van der Waals surface area contributed by atoms with E-state index in [0.29, 0.717) is 5.69 Å². The molecule has 0 saturated carbocycles. The molecule has 1 rings (SSSR count). The van der Waals surface area contributed by atoms with Crippen LogP contribution in [0.25, 0.3) is 0 Å². The normalized spacial score (nSPS) is 11.9. The molecule has 0 radical (unpaired) electrons. The summed E-state index contributed by atoms with van der Waals surface area (Å²) in [6.07, 6.45) is 1.49. The summed E-state index contributed by atoms with van der Waals surface area (Å²) in [5, 5.41) is 3.15. The van der Waals surface area contributed by atoms with Gasteiger partial charge in [-0.3, -0.25) is 4.72 Å². The van der Waals surface area contributed by atoms with Gasteiger partial charge < -0.3 is 10.2 Å². The highest BCUT2D eigenvalue weighted by atomic mass is 32.2. The van der Waals surface area contributed by atoms with E-state index in [1.165, 1.54) is 20.3 Å². The van der Waals surface area contributed by atoms with Gasteiger partial charge in [-0.1, -0.05) is 0 Å². The van der Waals surface area contributed by atoms with Crippen LogP contribution in [0.3, 0.4) is 0 Å². The van der Waals surface area contributed by atoms with Crippen LogP contribution >= 0.6 is 0 Å². The average Bonchev–Trinajstić information content (AvgIpc) is 2.30. The third-order valence-corrected chi connectivity index (χ3v) is 3.81. The number of rotatable bonds is 7. The van der Waals surface area contributed by atoms with Gasteiger partial charge in [-0.15, -0.1) is 0 Å². The lowest BCUT2D eigenvalue weighted by atomic mass is 10.4. The zero-order valence-corrected chi connectivity index (χ0v) is 12.5. The van der Waals surface area contributed by atoms with Gasteiger partial charge in [-0.05, 0) is 26.2 Å². The Bertz CT molecular complexity index is 484. The molecule has 108 valence electrons. The number of aromatic nitrogens is 1. The van der Waals surface area contributed by atoms with E-state index in [1.807, 2.05) is 14.1 Å². The maximum Gasteiger partial charge on any atom is 0.301 e. The van der Waals surface area contributed by atoms with Gasteiger partial charge >= 0.3 is 10.2 Å². The molecule has 0 atom stereocenters. The molecule has 0 aromatic carbocycles. The fourth-order valence-electron chi connectivity index (χ4n) is 1.21. The SMILES string of the molecule is CN(C)CCNc1ccc(NS(=O)(=O)N(C)C)cn1. The van der Waals surface area contributed by atoms with Crippen molar-refractivity contribution in [1.29, 1.82) is 0 Å². The summed E-state index contributed by atoms with van der Waals surface area (Å²) in [6.45, 7) is 1.68. The minimum absolute atomic E-state index is 0.437. The van der Waals surface area contributed by atoms with Crippen molar-refractivity contribution in [2.45, 2.75) is 0 Å². The highest BCUT2D eigenvalue weighted by molar-refractivity contribution is 7.90. The fraction of sp³-hybridized carbons (Fsp3) is 0.545. The molecule has 0 amide bonds. The van der Waals surface area contributed by atoms with Crippen molar-refractivity contribution in [2.24, 2.45) is 0 Å². The maximum absolute atomic E-state index is 11.6. The lowest BCUT2D eigenvalue weighted by Crippen LogP contribution is -2.29. The van der Waals surface area contributed by atoms with Crippen LogP contribution in [-0.2, 0) is 10.2 Å². The first kappa shape index (κ1) is 15.7. The van der Waals surface area contributed by atoms with E-state index in [1.54, 1.807) is 12.1 Å². The Morgan fingerprint density at radius 3 is 2.37 bits per heavy atom. The highest BCUT2D eigenvalue weighted by Crippen LogP contribution is 2.11. The Morgan fingerprint density at radius 2 is 1.89 bits per heavy atom. The quantitative estimate of drug-likeness (QED) is 0.753. The van der Waals surface area contributed by atoms with Crippen molar-refractivity contribution in [3.05, 3.63) is 18.3 Å². The van der Waals surface area contributed by atoms with Gasteiger partial charge in [0, 0.05) is 27.2 Å². The van der Waals surface area contributed by atoms with Gasteiger partial charge in [0.05, 0.1) is 11.9 Å². The summed E-state index contributed by atoms with van der Waals surface area (Å²) >= 11 is 0. The minimum Gasteiger partial charge on any atom is -0.369 e. The molecule has 0 aliphatic carbocycles. The van der Waals surface area contributed by atoms with Crippen LogP contribution in [0.15, 0.2) is 18.3 Å². The lowest BCUT2D eigenvalue weighted by Gasteiger charge is -2.14. The average molecular weight is 287 g/mol. The maximum atomic E-state index is 11.6. The molecular weight excluding hydrogens is 266 g/mol. The largest absolute Gasteiger partial charge is 0.369 e. The van der Waals surface area contributed by atoms with E-state index in [4.69, 9.17) is 0 Å². The molecule has 0 spiro atoms. The van der Waals surface area contributed by atoms with E-state index in [-0.39, 0.29) is 0 Å². The van der Waals surface area contributed by atoms with Crippen molar-refractivity contribution in [1.82, 2.24) is 14.2 Å². The topological polar surface area (TPSA) is 77.6 Å². The van der Waals surface area contributed by atoms with Crippen LogP contribution in [-0.4, -0.2) is 63.9 Å². The van der Waals surface area contributed by atoms with Crippen molar-refractivity contribution in [3.63, 3.8) is 0 Å². The Kier molecular flexibility index (Phi) is 5.52. The van der Waals surface area contributed by atoms with Gasteiger partial charge in [-0.25, -0.2) is 4.98 Å². The minimum atomic E-state index is -3.48. The van der Waals surface area contributed by atoms with Crippen molar-refractivity contribution in [3.8, 4) is 0 Å². The molecular formula is C11H21N5O2S. The van der Waals surface area contributed by atoms with Gasteiger partial charge in [0.15, 0.2) is 0 Å². The number of anilines is 2. The molecule has 7 nitrogen and oxygen atoms in total. The van der Waals surface area contributed by atoms with Gasteiger partial charge in [0.2, 0.25) is 0 Å². The molecule has 0 aliphatic rings. The van der Waals surface area contributed by atoms with Crippen molar-refractivity contribution in [2.75, 3.05) is 51.3 Å². The zero-order chi connectivity index (χ0) is 14.5. The van der Waals surface area contributed by atoms with Crippen LogP contribution in [0, 0.1) is 0 Å². The smallest absolute Gasteiger partial charge is 0.301 e. The summed E-state index contributed by atoms with van der Waals surface area (Å²) in [6, 6.07) is 3.41. The monoisotopic (exact) mass is 287 g/mol. The number of pyridine rings is 1. The van der Waals surface area contributed by atoms with E-state index >= 15 is 0 Å². The Hall–Kier alpha value is -1.38. The molecule has 0 aliphatic heterocycles. The van der Waals surface area contributed by atoms with Gasteiger partial charge in [-0.2, -0.15) is 12.7 Å². The van der Waals surface area contributed by atoms with Crippen LogP contribution in [0.2, 0.25) is 0 Å². The van der Waals surface area contributed by atoms with Crippen LogP contribution < -0.4 is 10.0 Å². The number of likely N-dealkylation sites (N-methyl/N-ethyl adjacent to an activating group) is 1. The van der Waals surface area contributed by atoms with E-state index in [0.717, 1.165) is 23.2 Å². The van der Waals surface area contributed by atoms with Crippen LogP contribution in [0.4, 0.5) is 11.5 Å². The Morgan fingerprint density at radius 1 is 1.21 bits per heavy atom. The summed E-state index contributed by atoms with van der Waals surface area (Å²) in [5.74, 6) is 0.717. The van der Waals surface area contributed by atoms with Crippen LogP contribution in [0.1, 0.15) is 0 Å². The highest BCUT2D eigenvalue weighted by Gasteiger charge is 2.12. The summed E-state index contributed by atoms with van der Waals surface area (Å²) in [7, 11) is 3.44.